The van der Waals surface area contributed by atoms with Crippen LogP contribution in [-0.2, 0) is 14.8 Å². The van der Waals surface area contributed by atoms with Crippen molar-refractivity contribution in [3.8, 4) is 0 Å². The Bertz CT molecular complexity index is 514. The summed E-state index contributed by atoms with van der Waals surface area (Å²) in [5.41, 5.74) is 6.47. The summed E-state index contributed by atoms with van der Waals surface area (Å²) < 4.78 is 24.1. The Morgan fingerprint density at radius 3 is 2.42 bits per heavy atom. The zero-order chi connectivity index (χ0) is 14.5. The monoisotopic (exact) mass is 285 g/mol. The number of carbonyl (C=O) groups is 1. The van der Waals surface area contributed by atoms with E-state index >= 15 is 0 Å². The van der Waals surface area contributed by atoms with Gasteiger partial charge < -0.3 is 11.1 Å². The number of rotatable bonds is 6. The second-order valence-corrected chi connectivity index (χ2v) is 6.58. The maximum Gasteiger partial charge on any atom is 0.241 e. The van der Waals surface area contributed by atoms with Gasteiger partial charge in [0.15, 0.2) is 0 Å². The Hall–Kier alpha value is -1.44. The number of hydrogen-bond acceptors (Lipinski definition) is 4. The topological polar surface area (TPSA) is 92.5 Å². The first-order valence-electron chi connectivity index (χ1n) is 5.83. The smallest absolute Gasteiger partial charge is 0.241 e. The van der Waals surface area contributed by atoms with Crippen molar-refractivity contribution in [3.05, 3.63) is 35.9 Å². The number of benzene rings is 1. The van der Waals surface area contributed by atoms with E-state index in [1.165, 1.54) is 14.1 Å². The molecule has 1 atom stereocenters. The molecule has 0 aliphatic heterocycles. The molecule has 0 saturated heterocycles. The first-order chi connectivity index (χ1) is 8.84. The van der Waals surface area contributed by atoms with E-state index in [4.69, 9.17) is 5.73 Å². The van der Waals surface area contributed by atoms with E-state index in [9.17, 15) is 13.2 Å². The second-order valence-electron chi connectivity index (χ2n) is 4.28. The van der Waals surface area contributed by atoms with Gasteiger partial charge in [-0.3, -0.25) is 4.79 Å². The largest absolute Gasteiger partial charge is 0.353 e. The van der Waals surface area contributed by atoms with Crippen LogP contribution in [0.3, 0.4) is 0 Å². The van der Waals surface area contributed by atoms with E-state index in [-0.39, 0.29) is 18.2 Å². The quantitative estimate of drug-likeness (QED) is 0.750. The summed E-state index contributed by atoms with van der Waals surface area (Å²) in [7, 11) is -0.404. The van der Waals surface area contributed by atoms with E-state index in [0.717, 1.165) is 4.31 Å². The van der Waals surface area contributed by atoms with Gasteiger partial charge in [0.05, 0.1) is 5.75 Å². The Morgan fingerprint density at radius 2 is 1.89 bits per heavy atom. The minimum absolute atomic E-state index is 0.0415. The molecule has 0 aliphatic carbocycles. The zero-order valence-corrected chi connectivity index (χ0v) is 11.9. The fraction of sp³-hybridized carbons (Fsp3) is 0.417. The van der Waals surface area contributed by atoms with Crippen LogP contribution in [0.4, 0.5) is 0 Å². The van der Waals surface area contributed by atoms with Crippen molar-refractivity contribution in [2.75, 3.05) is 26.4 Å². The summed E-state index contributed by atoms with van der Waals surface area (Å²) >= 11 is 0. The third-order valence-corrected chi connectivity index (χ3v) is 4.49. The number of nitrogens with two attached hydrogens (primary N) is 1. The van der Waals surface area contributed by atoms with Gasteiger partial charge >= 0.3 is 0 Å². The van der Waals surface area contributed by atoms with Gasteiger partial charge in [-0.2, -0.15) is 0 Å². The van der Waals surface area contributed by atoms with Crippen LogP contribution in [0.15, 0.2) is 30.3 Å². The van der Waals surface area contributed by atoms with Gasteiger partial charge in [0.1, 0.15) is 6.04 Å². The van der Waals surface area contributed by atoms with E-state index in [1.54, 1.807) is 24.3 Å². The Balaban J connectivity index is 2.49. The lowest BCUT2D eigenvalue weighted by molar-refractivity contribution is -0.122. The molecule has 0 fully saturated rings. The van der Waals surface area contributed by atoms with Crippen molar-refractivity contribution < 1.29 is 13.2 Å². The lowest BCUT2D eigenvalue weighted by Gasteiger charge is -2.14. The van der Waals surface area contributed by atoms with Crippen LogP contribution in [0.25, 0.3) is 0 Å². The van der Waals surface area contributed by atoms with E-state index in [2.05, 4.69) is 5.32 Å². The van der Waals surface area contributed by atoms with Crippen molar-refractivity contribution in [2.45, 2.75) is 6.04 Å². The molecule has 106 valence electrons. The standard InChI is InChI=1S/C12H19N3O3S/c1-15(2)19(17,18)9-8-14-12(16)11(13)10-6-4-3-5-7-10/h3-7,11H,8-9,13H2,1-2H3,(H,14,16)/t11-/m0/s1. The molecule has 1 aromatic rings. The van der Waals surface area contributed by atoms with Gasteiger partial charge in [-0.15, -0.1) is 0 Å². The lowest BCUT2D eigenvalue weighted by Crippen LogP contribution is -2.38. The number of carbonyl (C=O) groups excluding carboxylic acids is 1. The van der Waals surface area contributed by atoms with Crippen molar-refractivity contribution in [2.24, 2.45) is 5.73 Å². The van der Waals surface area contributed by atoms with Gasteiger partial charge in [0.25, 0.3) is 0 Å². The second kappa shape index (κ2) is 6.65. The minimum atomic E-state index is -3.31. The first-order valence-corrected chi connectivity index (χ1v) is 7.44. The van der Waals surface area contributed by atoms with E-state index in [0.29, 0.717) is 5.56 Å². The van der Waals surface area contributed by atoms with Gasteiger partial charge in [0.2, 0.25) is 15.9 Å². The van der Waals surface area contributed by atoms with Crippen molar-refractivity contribution in [1.82, 2.24) is 9.62 Å². The molecule has 0 heterocycles. The van der Waals surface area contributed by atoms with Gasteiger partial charge in [-0.1, -0.05) is 30.3 Å². The van der Waals surface area contributed by atoms with Crippen molar-refractivity contribution in [1.29, 1.82) is 0 Å². The summed E-state index contributed by atoms with van der Waals surface area (Å²) in [5, 5.41) is 2.52. The molecule has 0 unspecified atom stereocenters. The average molecular weight is 285 g/mol. The molecule has 0 radical (unpaired) electrons. The zero-order valence-electron chi connectivity index (χ0n) is 11.0. The SMILES string of the molecule is CN(C)S(=O)(=O)CCNC(=O)[C@@H](N)c1ccccc1. The molecule has 7 heteroatoms. The van der Waals surface area contributed by atoms with Crippen LogP contribution in [0, 0.1) is 0 Å². The van der Waals surface area contributed by atoms with Crippen LogP contribution in [-0.4, -0.2) is 45.0 Å². The Kier molecular flexibility index (Phi) is 5.46. The summed E-state index contributed by atoms with van der Waals surface area (Å²) in [6, 6.07) is 8.13. The lowest BCUT2D eigenvalue weighted by atomic mass is 10.1. The van der Waals surface area contributed by atoms with Crippen molar-refractivity contribution in [3.63, 3.8) is 0 Å². The number of nitrogens with zero attached hydrogens (tertiary/aromatic N) is 1. The molecule has 0 aliphatic rings. The Labute approximate surface area is 113 Å². The number of nitrogens with one attached hydrogen (secondary N) is 1. The highest BCUT2D eigenvalue weighted by atomic mass is 32.2. The third kappa shape index (κ3) is 4.62. The van der Waals surface area contributed by atoms with Crippen LogP contribution < -0.4 is 11.1 Å². The maximum atomic E-state index is 11.8. The molecule has 1 rings (SSSR count). The highest BCUT2D eigenvalue weighted by Gasteiger charge is 2.17. The summed E-state index contributed by atoms with van der Waals surface area (Å²) in [6.07, 6.45) is 0. The molecular formula is C12H19N3O3S. The fourth-order valence-electron chi connectivity index (χ4n) is 1.41. The van der Waals surface area contributed by atoms with E-state index in [1.807, 2.05) is 6.07 Å². The van der Waals surface area contributed by atoms with Gasteiger partial charge in [-0.25, -0.2) is 12.7 Å². The van der Waals surface area contributed by atoms with E-state index < -0.39 is 16.1 Å². The fourth-order valence-corrected chi connectivity index (χ4v) is 2.13. The third-order valence-electron chi connectivity index (χ3n) is 2.66. The molecule has 0 aromatic heterocycles. The van der Waals surface area contributed by atoms with Gasteiger partial charge in [-0.05, 0) is 5.56 Å². The highest BCUT2D eigenvalue weighted by Crippen LogP contribution is 2.08. The summed E-state index contributed by atoms with van der Waals surface area (Å²) in [6.45, 7) is 0.0415. The molecule has 0 spiro atoms. The number of sulfonamides is 1. The first kappa shape index (κ1) is 15.6. The summed E-state index contributed by atoms with van der Waals surface area (Å²) in [5.74, 6) is -0.534. The molecule has 0 bridgehead atoms. The number of hydrogen-bond donors (Lipinski definition) is 2. The maximum absolute atomic E-state index is 11.8. The average Bonchev–Trinajstić information content (AvgIpc) is 2.38. The van der Waals surface area contributed by atoms with Crippen LogP contribution in [0.1, 0.15) is 11.6 Å². The van der Waals surface area contributed by atoms with Crippen LogP contribution in [0.5, 0.6) is 0 Å². The van der Waals surface area contributed by atoms with Gasteiger partial charge in [0, 0.05) is 20.6 Å². The van der Waals surface area contributed by atoms with Crippen molar-refractivity contribution >= 4 is 15.9 Å². The molecule has 1 aromatic carbocycles. The predicted molar refractivity (Wildman–Crippen MR) is 73.9 cm³/mol. The molecule has 3 N–H and O–H groups in total. The Morgan fingerprint density at radius 1 is 1.32 bits per heavy atom. The highest BCUT2D eigenvalue weighted by molar-refractivity contribution is 7.89. The molecule has 0 saturated carbocycles. The normalized spacial score (nSPS) is 13.3. The summed E-state index contributed by atoms with van der Waals surface area (Å²) in [4.78, 5) is 11.8. The minimum Gasteiger partial charge on any atom is -0.353 e. The molecule has 1 amide bonds. The molecular weight excluding hydrogens is 266 g/mol. The molecule has 6 nitrogen and oxygen atoms in total. The number of amides is 1. The van der Waals surface area contributed by atoms with Crippen LogP contribution >= 0.6 is 0 Å². The molecule has 19 heavy (non-hydrogen) atoms. The van der Waals surface area contributed by atoms with Crippen LogP contribution in [0.2, 0.25) is 0 Å². The predicted octanol–water partition coefficient (Wildman–Crippen LogP) is -0.306.